The van der Waals surface area contributed by atoms with E-state index in [0.717, 1.165) is 0 Å². The van der Waals surface area contributed by atoms with Crippen LogP contribution in [0.4, 0.5) is 0 Å². The summed E-state index contributed by atoms with van der Waals surface area (Å²) in [5.74, 6) is -0.193. The molecule has 0 fully saturated rings. The molecule has 5 nitrogen and oxygen atoms in total. The van der Waals surface area contributed by atoms with Crippen molar-refractivity contribution < 1.29 is 24.5 Å². The number of aliphatic hydroxyl groups is 1. The third-order valence-corrected chi connectivity index (χ3v) is 2.24. The summed E-state index contributed by atoms with van der Waals surface area (Å²) in [7, 11) is 1.45. The van der Waals surface area contributed by atoms with E-state index in [2.05, 4.69) is 0 Å². The van der Waals surface area contributed by atoms with Crippen molar-refractivity contribution in [1.82, 2.24) is 0 Å². The highest BCUT2D eigenvalue weighted by Crippen LogP contribution is 2.35. The van der Waals surface area contributed by atoms with Gasteiger partial charge in [-0.25, -0.2) is 0 Å². The summed E-state index contributed by atoms with van der Waals surface area (Å²) >= 11 is 0. The van der Waals surface area contributed by atoms with E-state index in [0.29, 0.717) is 23.7 Å². The molecule has 1 aromatic carbocycles. The minimum atomic E-state index is -1.11. The van der Waals surface area contributed by atoms with Gasteiger partial charge in [-0.2, -0.15) is 0 Å². The first-order chi connectivity index (χ1) is 8.10. The van der Waals surface area contributed by atoms with E-state index >= 15 is 0 Å². The molecule has 0 aliphatic heterocycles. The molecule has 0 aliphatic rings. The molecular formula is C12H16O5. The standard InChI is InChI=1S/C12H16O5/c1-3-17-10-6-4-5-8(12(10)16-2)9(13)7-11(14)15/h4-6,9,13H,3,7H2,1-2H3,(H,14,15)/t9-/m0/s1. The van der Waals surface area contributed by atoms with Crippen molar-refractivity contribution in [3.63, 3.8) is 0 Å². The summed E-state index contributed by atoms with van der Waals surface area (Å²) in [6.45, 7) is 2.30. The van der Waals surface area contributed by atoms with Crippen LogP contribution in [0.3, 0.4) is 0 Å². The average molecular weight is 240 g/mol. The summed E-state index contributed by atoms with van der Waals surface area (Å²) in [5.41, 5.74) is 0.417. The van der Waals surface area contributed by atoms with Gasteiger partial charge in [-0.15, -0.1) is 0 Å². The fraction of sp³-hybridized carbons (Fsp3) is 0.417. The van der Waals surface area contributed by atoms with Gasteiger partial charge < -0.3 is 19.7 Å². The van der Waals surface area contributed by atoms with Gasteiger partial charge in [0.05, 0.1) is 26.2 Å². The smallest absolute Gasteiger partial charge is 0.306 e. The van der Waals surface area contributed by atoms with Crippen molar-refractivity contribution in [2.45, 2.75) is 19.4 Å². The molecule has 0 saturated carbocycles. The number of aliphatic carboxylic acids is 1. The summed E-state index contributed by atoms with van der Waals surface area (Å²) < 4.78 is 10.5. The number of ether oxygens (including phenoxy) is 2. The Bertz CT molecular complexity index is 388. The van der Waals surface area contributed by atoms with Crippen LogP contribution in [-0.4, -0.2) is 29.9 Å². The summed E-state index contributed by atoms with van der Waals surface area (Å²) in [5, 5.41) is 18.4. The van der Waals surface area contributed by atoms with E-state index in [1.54, 1.807) is 18.2 Å². The number of carboxylic acids is 1. The molecule has 94 valence electrons. The van der Waals surface area contributed by atoms with E-state index < -0.39 is 12.1 Å². The van der Waals surface area contributed by atoms with Crippen LogP contribution in [0.25, 0.3) is 0 Å². The van der Waals surface area contributed by atoms with Gasteiger partial charge in [0, 0.05) is 5.56 Å². The van der Waals surface area contributed by atoms with Crippen LogP contribution in [-0.2, 0) is 4.79 Å². The lowest BCUT2D eigenvalue weighted by Crippen LogP contribution is -2.08. The molecule has 0 heterocycles. The van der Waals surface area contributed by atoms with Gasteiger partial charge in [0.15, 0.2) is 11.5 Å². The van der Waals surface area contributed by atoms with E-state index in [1.807, 2.05) is 6.92 Å². The van der Waals surface area contributed by atoms with Crippen LogP contribution < -0.4 is 9.47 Å². The Morgan fingerprint density at radius 3 is 2.71 bits per heavy atom. The Balaban J connectivity index is 3.05. The van der Waals surface area contributed by atoms with Gasteiger partial charge in [-0.05, 0) is 13.0 Å². The third kappa shape index (κ3) is 3.35. The maximum Gasteiger partial charge on any atom is 0.306 e. The lowest BCUT2D eigenvalue weighted by Gasteiger charge is -2.16. The van der Waals surface area contributed by atoms with Gasteiger partial charge in [0.2, 0.25) is 0 Å². The number of aliphatic hydroxyl groups excluding tert-OH is 1. The summed E-state index contributed by atoms with van der Waals surface area (Å²) in [4.78, 5) is 10.6. The molecule has 0 spiro atoms. The Morgan fingerprint density at radius 1 is 1.47 bits per heavy atom. The highest BCUT2D eigenvalue weighted by Gasteiger charge is 2.19. The highest BCUT2D eigenvalue weighted by molar-refractivity contribution is 5.68. The highest BCUT2D eigenvalue weighted by atomic mass is 16.5. The van der Waals surface area contributed by atoms with E-state index in [9.17, 15) is 9.90 Å². The minimum absolute atomic E-state index is 0.369. The quantitative estimate of drug-likeness (QED) is 0.789. The van der Waals surface area contributed by atoms with Crippen molar-refractivity contribution in [2.75, 3.05) is 13.7 Å². The lowest BCUT2D eigenvalue weighted by atomic mass is 10.0. The Kier molecular flexibility index (Phi) is 4.78. The van der Waals surface area contributed by atoms with Crippen molar-refractivity contribution in [2.24, 2.45) is 0 Å². The number of carbonyl (C=O) groups is 1. The van der Waals surface area contributed by atoms with Gasteiger partial charge >= 0.3 is 5.97 Å². The van der Waals surface area contributed by atoms with Crippen LogP contribution >= 0.6 is 0 Å². The molecule has 1 atom stereocenters. The van der Waals surface area contributed by atoms with Crippen molar-refractivity contribution >= 4 is 5.97 Å². The third-order valence-electron chi connectivity index (χ3n) is 2.24. The first kappa shape index (κ1) is 13.3. The minimum Gasteiger partial charge on any atom is -0.492 e. The predicted molar refractivity (Wildman–Crippen MR) is 61.4 cm³/mol. The molecule has 2 N–H and O–H groups in total. The molecule has 0 amide bonds. The van der Waals surface area contributed by atoms with Gasteiger partial charge in [0.25, 0.3) is 0 Å². The number of rotatable bonds is 6. The Hall–Kier alpha value is -1.75. The molecule has 1 aromatic rings. The molecule has 0 bridgehead atoms. The van der Waals surface area contributed by atoms with Crippen molar-refractivity contribution in [3.05, 3.63) is 23.8 Å². The molecule has 0 saturated heterocycles. The molecule has 0 radical (unpaired) electrons. The molecule has 0 unspecified atom stereocenters. The number of benzene rings is 1. The fourth-order valence-corrected chi connectivity index (χ4v) is 1.56. The van der Waals surface area contributed by atoms with Crippen LogP contribution in [0.15, 0.2) is 18.2 Å². The molecule has 17 heavy (non-hydrogen) atoms. The lowest BCUT2D eigenvalue weighted by molar-refractivity contribution is -0.139. The van der Waals surface area contributed by atoms with E-state index in [4.69, 9.17) is 14.6 Å². The SMILES string of the molecule is CCOc1cccc([C@@H](O)CC(=O)O)c1OC. The normalized spacial score (nSPS) is 11.9. The number of carboxylic acid groups (broad SMARTS) is 1. The van der Waals surface area contributed by atoms with Crippen LogP contribution in [0.2, 0.25) is 0 Å². The maximum absolute atomic E-state index is 10.6. The number of hydrogen-bond donors (Lipinski definition) is 2. The zero-order valence-electron chi connectivity index (χ0n) is 9.84. The summed E-state index contributed by atoms with van der Waals surface area (Å²) in [6.07, 6.45) is -1.48. The second-order valence-electron chi connectivity index (χ2n) is 3.43. The van der Waals surface area contributed by atoms with Gasteiger partial charge in [-0.1, -0.05) is 12.1 Å². The van der Waals surface area contributed by atoms with Crippen LogP contribution in [0, 0.1) is 0 Å². The van der Waals surface area contributed by atoms with E-state index in [-0.39, 0.29) is 6.42 Å². The van der Waals surface area contributed by atoms with Crippen molar-refractivity contribution in [1.29, 1.82) is 0 Å². The number of hydrogen-bond acceptors (Lipinski definition) is 4. The maximum atomic E-state index is 10.6. The molecule has 0 aliphatic carbocycles. The predicted octanol–water partition coefficient (Wildman–Crippen LogP) is 1.60. The van der Waals surface area contributed by atoms with Gasteiger partial charge in [-0.3, -0.25) is 4.79 Å². The second-order valence-corrected chi connectivity index (χ2v) is 3.43. The second kappa shape index (κ2) is 6.10. The summed E-state index contributed by atoms with van der Waals surface area (Å²) in [6, 6.07) is 5.02. The van der Waals surface area contributed by atoms with Crippen LogP contribution in [0.5, 0.6) is 11.5 Å². The average Bonchev–Trinajstić information content (AvgIpc) is 2.28. The zero-order valence-corrected chi connectivity index (χ0v) is 9.84. The number of para-hydroxylation sites is 1. The molecule has 5 heteroatoms. The number of methoxy groups -OCH3 is 1. The van der Waals surface area contributed by atoms with Crippen LogP contribution in [0.1, 0.15) is 25.0 Å². The molecule has 1 rings (SSSR count). The molecular weight excluding hydrogens is 224 g/mol. The van der Waals surface area contributed by atoms with Gasteiger partial charge in [0.1, 0.15) is 0 Å². The largest absolute Gasteiger partial charge is 0.492 e. The Labute approximate surface area is 99.6 Å². The first-order valence-electron chi connectivity index (χ1n) is 5.29. The van der Waals surface area contributed by atoms with Crippen molar-refractivity contribution in [3.8, 4) is 11.5 Å². The zero-order chi connectivity index (χ0) is 12.8. The monoisotopic (exact) mass is 240 g/mol. The van der Waals surface area contributed by atoms with E-state index in [1.165, 1.54) is 7.11 Å². The Morgan fingerprint density at radius 2 is 2.18 bits per heavy atom. The molecule has 0 aromatic heterocycles. The fourth-order valence-electron chi connectivity index (χ4n) is 1.56. The first-order valence-corrected chi connectivity index (χ1v) is 5.29. The topological polar surface area (TPSA) is 76.0 Å².